The van der Waals surface area contributed by atoms with Gasteiger partial charge in [0, 0.05) is 18.8 Å². The molecule has 2 rings (SSSR count). The van der Waals surface area contributed by atoms with Crippen molar-refractivity contribution in [3.63, 3.8) is 0 Å². The molecule has 0 bridgehead atoms. The Hall–Kier alpha value is -1.76. The van der Waals surface area contributed by atoms with Gasteiger partial charge in [0.05, 0.1) is 5.56 Å². The topological polar surface area (TPSA) is 44.4 Å². The molecule has 0 unspecified atom stereocenters. The van der Waals surface area contributed by atoms with E-state index in [0.717, 1.165) is 37.9 Å². The van der Waals surface area contributed by atoms with Gasteiger partial charge in [-0.25, -0.2) is 4.79 Å². The van der Waals surface area contributed by atoms with E-state index in [2.05, 4.69) is 10.6 Å². The number of urea groups is 1. The normalized spacial score (nSPS) is 16.4. The molecule has 1 heterocycles. The quantitative estimate of drug-likeness (QED) is 0.887. The van der Waals surface area contributed by atoms with E-state index in [9.17, 15) is 18.0 Å². The van der Waals surface area contributed by atoms with Crippen LogP contribution >= 0.6 is 0 Å². The number of rotatable bonds is 4. The fourth-order valence-electron chi connectivity index (χ4n) is 2.72. The van der Waals surface area contributed by atoms with Crippen LogP contribution in [0, 0.1) is 5.92 Å². The van der Waals surface area contributed by atoms with Crippen molar-refractivity contribution in [2.45, 2.75) is 25.4 Å². The number of anilines is 1. The summed E-state index contributed by atoms with van der Waals surface area (Å²) in [5, 5.41) is 5.78. The Morgan fingerprint density at radius 3 is 2.35 bits per heavy atom. The second kappa shape index (κ2) is 7.68. The van der Waals surface area contributed by atoms with Crippen LogP contribution in [0.25, 0.3) is 0 Å². The number of hydrogen-bond donors (Lipinski definition) is 2. The van der Waals surface area contributed by atoms with Crippen molar-refractivity contribution in [3.05, 3.63) is 29.8 Å². The second-order valence-electron chi connectivity index (χ2n) is 5.83. The number of alkyl halides is 3. The van der Waals surface area contributed by atoms with Crippen molar-refractivity contribution in [2.24, 2.45) is 5.92 Å². The Morgan fingerprint density at radius 2 is 1.83 bits per heavy atom. The van der Waals surface area contributed by atoms with Crippen LogP contribution in [-0.4, -0.2) is 37.6 Å². The molecule has 0 radical (unpaired) electrons. The molecule has 0 saturated carbocycles. The number of nitrogens with zero attached hydrogens (tertiary/aromatic N) is 1. The van der Waals surface area contributed by atoms with Crippen LogP contribution in [0.2, 0.25) is 0 Å². The molecule has 23 heavy (non-hydrogen) atoms. The van der Waals surface area contributed by atoms with Crippen molar-refractivity contribution in [3.8, 4) is 0 Å². The number of amides is 2. The molecule has 0 atom stereocenters. The maximum absolute atomic E-state index is 12.5. The molecule has 1 fully saturated rings. The fraction of sp³-hybridized carbons (Fsp3) is 0.562. The number of hydrogen-bond acceptors (Lipinski definition) is 2. The minimum absolute atomic E-state index is 0.253. The summed E-state index contributed by atoms with van der Waals surface area (Å²) >= 11 is 0. The summed E-state index contributed by atoms with van der Waals surface area (Å²) in [6.07, 6.45) is -1.34. The van der Waals surface area contributed by atoms with Gasteiger partial charge in [0.15, 0.2) is 0 Å². The monoisotopic (exact) mass is 329 g/mol. The lowest BCUT2D eigenvalue weighted by Crippen LogP contribution is -2.41. The SMILES string of the molecule is CNCCC1CCN(C(=O)Nc2ccc(C(F)(F)F)cc2)CC1. The predicted molar refractivity (Wildman–Crippen MR) is 83.3 cm³/mol. The minimum atomic E-state index is -4.36. The van der Waals surface area contributed by atoms with Gasteiger partial charge >= 0.3 is 12.2 Å². The van der Waals surface area contributed by atoms with Gasteiger partial charge in [-0.15, -0.1) is 0 Å². The first kappa shape index (κ1) is 17.6. The molecule has 1 aromatic rings. The third-order valence-corrected chi connectivity index (χ3v) is 4.17. The van der Waals surface area contributed by atoms with Crippen LogP contribution in [0.5, 0.6) is 0 Å². The Kier molecular flexibility index (Phi) is 5.87. The molecule has 1 aliphatic heterocycles. The molecule has 7 heteroatoms. The zero-order valence-corrected chi connectivity index (χ0v) is 13.1. The summed E-state index contributed by atoms with van der Waals surface area (Å²) in [6, 6.07) is 4.25. The van der Waals surface area contributed by atoms with Crippen LogP contribution in [-0.2, 0) is 6.18 Å². The molecule has 128 valence electrons. The van der Waals surface area contributed by atoms with Crippen molar-refractivity contribution >= 4 is 11.7 Å². The lowest BCUT2D eigenvalue weighted by molar-refractivity contribution is -0.137. The number of carbonyl (C=O) groups is 1. The highest BCUT2D eigenvalue weighted by Gasteiger charge is 2.30. The maximum Gasteiger partial charge on any atom is 0.416 e. The number of halogens is 3. The molecule has 2 amide bonds. The summed E-state index contributed by atoms with van der Waals surface area (Å²) in [6.45, 7) is 2.34. The second-order valence-corrected chi connectivity index (χ2v) is 5.83. The molecule has 0 aromatic heterocycles. The van der Waals surface area contributed by atoms with Gasteiger partial charge in [0.25, 0.3) is 0 Å². The molecule has 2 N–H and O–H groups in total. The van der Waals surface area contributed by atoms with Gasteiger partial charge < -0.3 is 15.5 Å². The van der Waals surface area contributed by atoms with Crippen LogP contribution in [0.15, 0.2) is 24.3 Å². The van der Waals surface area contributed by atoms with Crippen molar-refractivity contribution < 1.29 is 18.0 Å². The number of carbonyl (C=O) groups excluding carboxylic acids is 1. The highest BCUT2D eigenvalue weighted by atomic mass is 19.4. The van der Waals surface area contributed by atoms with E-state index in [1.807, 2.05) is 7.05 Å². The van der Waals surface area contributed by atoms with E-state index in [0.29, 0.717) is 24.7 Å². The summed E-state index contributed by atoms with van der Waals surface area (Å²) in [7, 11) is 1.92. The smallest absolute Gasteiger partial charge is 0.325 e. The molecule has 0 aliphatic carbocycles. The molecule has 4 nitrogen and oxygen atoms in total. The van der Waals surface area contributed by atoms with Crippen molar-refractivity contribution in [1.82, 2.24) is 10.2 Å². The Morgan fingerprint density at radius 1 is 1.22 bits per heavy atom. The molecule has 1 saturated heterocycles. The van der Waals surface area contributed by atoms with Crippen LogP contribution in [0.1, 0.15) is 24.8 Å². The van der Waals surface area contributed by atoms with Crippen LogP contribution in [0.3, 0.4) is 0 Å². The van der Waals surface area contributed by atoms with E-state index in [4.69, 9.17) is 0 Å². The van der Waals surface area contributed by atoms with E-state index >= 15 is 0 Å². The van der Waals surface area contributed by atoms with Gasteiger partial charge in [-0.05, 0) is 63.0 Å². The van der Waals surface area contributed by atoms with Gasteiger partial charge in [0.1, 0.15) is 0 Å². The highest BCUT2D eigenvalue weighted by Crippen LogP contribution is 2.30. The summed E-state index contributed by atoms with van der Waals surface area (Å²) < 4.78 is 37.5. The zero-order chi connectivity index (χ0) is 16.9. The number of nitrogens with one attached hydrogen (secondary N) is 2. The lowest BCUT2D eigenvalue weighted by atomic mass is 9.94. The average molecular weight is 329 g/mol. The Balaban J connectivity index is 1.83. The van der Waals surface area contributed by atoms with Crippen molar-refractivity contribution in [1.29, 1.82) is 0 Å². The third kappa shape index (κ3) is 5.13. The molecule has 0 spiro atoms. The number of likely N-dealkylation sites (tertiary alicyclic amines) is 1. The Labute approximate surface area is 134 Å². The van der Waals surface area contributed by atoms with Crippen LogP contribution in [0.4, 0.5) is 23.7 Å². The van der Waals surface area contributed by atoms with E-state index in [1.54, 1.807) is 4.90 Å². The summed E-state index contributed by atoms with van der Waals surface area (Å²) in [5.74, 6) is 0.623. The molecule has 1 aliphatic rings. The number of benzene rings is 1. The molecular weight excluding hydrogens is 307 g/mol. The lowest BCUT2D eigenvalue weighted by Gasteiger charge is -2.32. The van der Waals surface area contributed by atoms with Crippen molar-refractivity contribution in [2.75, 3.05) is 32.0 Å². The largest absolute Gasteiger partial charge is 0.416 e. The zero-order valence-electron chi connectivity index (χ0n) is 13.1. The van der Waals surface area contributed by atoms with E-state index in [-0.39, 0.29) is 6.03 Å². The maximum atomic E-state index is 12.5. The first-order valence-electron chi connectivity index (χ1n) is 7.78. The average Bonchev–Trinajstić information content (AvgIpc) is 2.53. The predicted octanol–water partition coefficient (Wildman–Crippen LogP) is 3.56. The van der Waals surface area contributed by atoms with Gasteiger partial charge in [0.2, 0.25) is 0 Å². The first-order chi connectivity index (χ1) is 10.9. The van der Waals surface area contributed by atoms with Gasteiger partial charge in [-0.1, -0.05) is 0 Å². The molecular formula is C16H22F3N3O. The number of piperidine rings is 1. The first-order valence-corrected chi connectivity index (χ1v) is 7.78. The Bertz CT molecular complexity index is 508. The standard InChI is InChI=1S/C16H22F3N3O/c1-20-9-6-12-7-10-22(11-8-12)15(23)21-14-4-2-13(3-5-14)16(17,18)19/h2-5,12,20H,6-11H2,1H3,(H,21,23). The molecule has 1 aromatic carbocycles. The summed E-state index contributed by atoms with van der Waals surface area (Å²) in [5.41, 5.74) is -0.346. The minimum Gasteiger partial charge on any atom is -0.325 e. The fourth-order valence-corrected chi connectivity index (χ4v) is 2.72. The van der Waals surface area contributed by atoms with E-state index < -0.39 is 11.7 Å². The summed E-state index contributed by atoms with van der Waals surface area (Å²) in [4.78, 5) is 13.9. The van der Waals surface area contributed by atoms with Gasteiger partial charge in [-0.3, -0.25) is 0 Å². The third-order valence-electron chi connectivity index (χ3n) is 4.17. The van der Waals surface area contributed by atoms with E-state index in [1.165, 1.54) is 12.1 Å². The van der Waals surface area contributed by atoms with Gasteiger partial charge in [-0.2, -0.15) is 13.2 Å². The highest BCUT2D eigenvalue weighted by molar-refractivity contribution is 5.89. The van der Waals surface area contributed by atoms with Crippen LogP contribution < -0.4 is 10.6 Å².